The number of aryl methyl sites for hydroxylation is 6. The molecule has 8 amide bonds. The topological polar surface area (TPSA) is 239 Å². The van der Waals surface area contributed by atoms with E-state index in [1.54, 1.807) is 0 Å². The van der Waals surface area contributed by atoms with Crippen molar-refractivity contribution in [1.29, 1.82) is 0 Å². The minimum Gasteiger partial charge on any atom is -0.356 e. The number of nitrogens with one attached hydrogen (secondary N) is 8. The van der Waals surface area contributed by atoms with E-state index in [1.807, 2.05) is 102 Å². The fourth-order valence-electron chi connectivity index (χ4n) is 9.95. The minimum atomic E-state index is -0.192. The third kappa shape index (κ3) is 101. The maximum absolute atomic E-state index is 12.1. The summed E-state index contributed by atoms with van der Waals surface area (Å²) in [5.74, 6) is 1.03. The van der Waals surface area contributed by atoms with Crippen LogP contribution in [0.3, 0.4) is 0 Å². The Bertz CT molecular complexity index is 3000. The van der Waals surface area contributed by atoms with Gasteiger partial charge in [-0.15, -0.1) is 0 Å². The van der Waals surface area contributed by atoms with Crippen LogP contribution in [0.4, 0.5) is 0 Å². The molecule has 0 fully saturated rings. The first-order chi connectivity index (χ1) is 54.6. The van der Waals surface area contributed by atoms with Crippen molar-refractivity contribution in [3.63, 3.8) is 0 Å². The van der Waals surface area contributed by atoms with E-state index in [4.69, 9.17) is 0 Å². The number of unbranched alkanes of at least 4 members (excludes halogenated alkanes) is 5. The van der Waals surface area contributed by atoms with Crippen molar-refractivity contribution >= 4 is 47.3 Å². The van der Waals surface area contributed by atoms with Gasteiger partial charge in [0.05, 0.1) is 0 Å². The van der Waals surface area contributed by atoms with Crippen LogP contribution < -0.4 is 42.5 Å². The predicted molar refractivity (Wildman–Crippen MR) is 528 cm³/mol. The van der Waals surface area contributed by atoms with Crippen molar-refractivity contribution in [2.45, 2.75) is 426 Å². The molecule has 2 rings (SSSR count). The molecule has 0 radical (unpaired) electrons. The first kappa shape index (κ1) is 131. The van der Waals surface area contributed by atoms with Gasteiger partial charge in [0.15, 0.2) is 0 Å². The van der Waals surface area contributed by atoms with Crippen LogP contribution in [0.5, 0.6) is 0 Å². The fraction of sp³-hybridized carbons (Fsp3) is 0.806. The van der Waals surface area contributed by atoms with Gasteiger partial charge in [0.2, 0.25) is 35.4 Å². The van der Waals surface area contributed by atoms with Crippen molar-refractivity contribution < 1.29 is 38.4 Å². The van der Waals surface area contributed by atoms with Crippen molar-refractivity contribution in [2.75, 3.05) is 78.5 Å². The zero-order valence-electron chi connectivity index (χ0n) is 88.6. The van der Waals surface area contributed by atoms with Gasteiger partial charge in [0, 0.05) is 113 Å². The monoisotopic (exact) mass is 1710 g/mol. The molecule has 0 bridgehead atoms. The Labute approximate surface area is 750 Å². The molecule has 0 unspecified atom stereocenters. The molecule has 2 aromatic rings. The van der Waals surface area contributed by atoms with E-state index in [0.29, 0.717) is 55.9 Å². The molecule has 0 spiro atoms. The lowest BCUT2D eigenvalue weighted by Gasteiger charge is -2.27. The quantitative estimate of drug-likeness (QED) is 0.0358. The Hall–Kier alpha value is -5.88. The van der Waals surface area contributed by atoms with Crippen molar-refractivity contribution in [1.82, 2.24) is 52.3 Å². The van der Waals surface area contributed by atoms with Crippen LogP contribution in [0.25, 0.3) is 0 Å². The van der Waals surface area contributed by atoms with Gasteiger partial charge in [-0.3, -0.25) is 38.4 Å². The highest BCUT2D eigenvalue weighted by Crippen LogP contribution is 2.21. The highest BCUT2D eigenvalue weighted by Gasteiger charge is 2.21. The molecule has 18 nitrogen and oxygen atoms in total. The molecule has 8 N–H and O–H groups in total. The summed E-state index contributed by atoms with van der Waals surface area (Å²) in [7, 11) is 0. The van der Waals surface area contributed by atoms with E-state index in [1.165, 1.54) is 63.2 Å². The van der Waals surface area contributed by atoms with Gasteiger partial charge < -0.3 is 52.3 Å². The molecule has 0 aliphatic carbocycles. The van der Waals surface area contributed by atoms with Crippen molar-refractivity contribution in [3.05, 3.63) is 68.8 Å². The lowest BCUT2D eigenvalue weighted by molar-refractivity contribution is -0.123. The summed E-state index contributed by atoms with van der Waals surface area (Å²) < 4.78 is 0. The average Bonchev–Trinajstić information content (AvgIpc) is 0.895. The Morgan fingerprint density at radius 2 is 0.488 bits per heavy atom. The van der Waals surface area contributed by atoms with Crippen LogP contribution in [0.1, 0.15) is 427 Å². The summed E-state index contributed by atoms with van der Waals surface area (Å²) in [4.78, 5) is 95.1. The van der Waals surface area contributed by atoms with Gasteiger partial charge in [-0.05, 0) is 224 Å². The molecular weight excluding hydrogens is 1510 g/mol. The van der Waals surface area contributed by atoms with E-state index in [2.05, 4.69) is 293 Å². The van der Waals surface area contributed by atoms with Crippen molar-refractivity contribution in [3.8, 4) is 0 Å². The predicted octanol–water partition coefficient (Wildman–Crippen LogP) is 23.9. The number of carbonyl (C=O) groups is 8. The number of amides is 8. The molecule has 18 heteroatoms. The van der Waals surface area contributed by atoms with E-state index >= 15 is 0 Å². The molecule has 0 aliphatic rings. The number of nitrogens with zero attached hydrogens (tertiary/aromatic N) is 2. The molecule has 121 heavy (non-hydrogen) atoms. The summed E-state index contributed by atoms with van der Waals surface area (Å²) in [5.41, 5.74) is 10.1. The van der Waals surface area contributed by atoms with Gasteiger partial charge in [0.1, 0.15) is 0 Å². The van der Waals surface area contributed by atoms with Gasteiger partial charge in [0.25, 0.3) is 11.8 Å². The van der Waals surface area contributed by atoms with Gasteiger partial charge in [-0.1, -0.05) is 280 Å². The summed E-state index contributed by atoms with van der Waals surface area (Å²) in [5, 5.41) is 23.3. The van der Waals surface area contributed by atoms with E-state index in [0.717, 1.165) is 111 Å². The smallest absolute Gasteiger partial charge is 0.251 e. The summed E-state index contributed by atoms with van der Waals surface area (Å²) in [6.07, 6.45) is 13.5. The molecule has 0 atom stereocenters. The van der Waals surface area contributed by atoms with Crippen LogP contribution in [0, 0.1) is 84.9 Å². The largest absolute Gasteiger partial charge is 0.356 e. The molecule has 0 aromatic heterocycles. The van der Waals surface area contributed by atoms with Crippen LogP contribution in [0.15, 0.2) is 24.3 Å². The van der Waals surface area contributed by atoms with E-state index in [9.17, 15) is 38.4 Å². The Balaban J connectivity index is -0.000000197. The highest BCUT2D eigenvalue weighted by molar-refractivity contribution is 5.97. The van der Waals surface area contributed by atoms with Crippen LogP contribution >= 0.6 is 0 Å². The number of hydrogen-bond acceptors (Lipinski definition) is 10. The second kappa shape index (κ2) is 67.5. The second-order valence-electron chi connectivity index (χ2n) is 44.5. The first-order valence-corrected chi connectivity index (χ1v) is 46.5. The standard InChI is InChI=1S/C15H23NO.C14H21NO.C11H23NO.2C10H21NO.C9H19NO.2C9H21N.2C8H17NO/c1-10-7-12(3)13(8-11(10)2)14(17)16-9-15(4,5)6;1-9-7-11(3)12(8-10(9)2)13(16)15-14(4,5)6;1-5-6-7-8-10(13)12-9-11(2,3)4;1-5-6-7-9(12)11-8-10(2,3)4;1-5-6-7-8-9(12)11-10(2,3)4;1-5-6-8(11)10-7-9(2,3)4;2*1-6-10(7-2)8-9(3,4)5;2*1-5-7(10)9-6-8(2,3)4/h7-8H,9H2,1-6H3,(H,16,17);7-8H,1-6H3,(H,15,16);5-9H2,1-4H3,(H,12,13);2*5-8H2,1-4H3,(H,11,12);5-7H2,1-4H3,(H,10,11);2*6-8H2,1-5H3;2*5-6H2,1-4H3,(H,9,10). The maximum Gasteiger partial charge on any atom is 0.251 e. The van der Waals surface area contributed by atoms with Crippen LogP contribution in [-0.4, -0.2) is 147 Å². The normalized spacial score (nSPS) is 11.5. The third-order valence-electron chi connectivity index (χ3n) is 17.1. The zero-order chi connectivity index (χ0) is 97.0. The first-order valence-electron chi connectivity index (χ1n) is 46.5. The van der Waals surface area contributed by atoms with Gasteiger partial charge >= 0.3 is 0 Å². The maximum atomic E-state index is 12.1. The second-order valence-corrected chi connectivity index (χ2v) is 44.5. The molecule has 714 valence electrons. The number of benzene rings is 2. The lowest BCUT2D eigenvalue weighted by atomic mass is 9.96. The third-order valence-corrected chi connectivity index (χ3v) is 17.1. The van der Waals surface area contributed by atoms with Gasteiger partial charge in [-0.2, -0.15) is 0 Å². The summed E-state index contributed by atoms with van der Waals surface area (Å²) in [6, 6.07) is 8.07. The number of rotatable bonds is 29. The average molecular weight is 1710 g/mol. The molecular formula is C103H204N10O8. The lowest BCUT2D eigenvalue weighted by Crippen LogP contribution is -2.40. The molecule has 0 heterocycles. The minimum absolute atomic E-state index is 0.00750. The summed E-state index contributed by atoms with van der Waals surface area (Å²) in [6.45, 7) is 108. The Kier molecular flexibility index (Phi) is 72.9. The molecule has 0 saturated carbocycles. The Morgan fingerprint density at radius 1 is 0.248 bits per heavy atom. The molecule has 0 aliphatic heterocycles. The SMILES string of the molecule is CCC(=O)NCC(C)(C)C.CCC(=O)NCC(C)(C)C.CCCC(=O)NCC(C)(C)C.CCCCC(=O)NCC(C)(C)C.CCCCCC(=O)NC(C)(C)C.CCCCCC(=O)NCC(C)(C)C.CCN(CC)CC(C)(C)C.CCN(CC)CC(C)(C)C.Cc1cc(C)c(C(=O)NC(C)(C)C)cc1C.Cc1cc(C)c(C(=O)NCC(C)(C)C)cc1C. The van der Waals surface area contributed by atoms with Crippen LogP contribution in [0.2, 0.25) is 0 Å². The molecule has 2 aromatic carbocycles. The fourth-order valence-corrected chi connectivity index (χ4v) is 9.95. The highest BCUT2D eigenvalue weighted by atomic mass is 16.2. The number of hydrogen-bond donors (Lipinski definition) is 8. The number of carbonyl (C=O) groups excluding carboxylic acids is 8. The van der Waals surface area contributed by atoms with Crippen molar-refractivity contribution in [2.24, 2.45) is 43.3 Å². The molecule has 0 saturated heterocycles. The van der Waals surface area contributed by atoms with Gasteiger partial charge in [-0.25, -0.2) is 0 Å². The summed E-state index contributed by atoms with van der Waals surface area (Å²) >= 11 is 0. The zero-order valence-corrected chi connectivity index (χ0v) is 88.6. The Morgan fingerprint density at radius 3 is 0.719 bits per heavy atom. The van der Waals surface area contributed by atoms with Crippen LogP contribution in [-0.2, 0) is 28.8 Å². The van der Waals surface area contributed by atoms with E-state index < -0.39 is 0 Å². The van der Waals surface area contributed by atoms with E-state index in [-0.39, 0.29) is 90.8 Å².